The topological polar surface area (TPSA) is 64.3 Å². The lowest BCUT2D eigenvalue weighted by Crippen LogP contribution is -2.34. The lowest BCUT2D eigenvalue weighted by molar-refractivity contribution is -0.117. The monoisotopic (exact) mass is 258 g/mol. The Balaban J connectivity index is 0.00000256. The molecule has 0 heterocycles. The van der Waals surface area contributed by atoms with Crippen molar-refractivity contribution >= 4 is 24.0 Å². The van der Waals surface area contributed by atoms with E-state index < -0.39 is 6.04 Å². The molecule has 4 nitrogen and oxygen atoms in total. The molecule has 1 aromatic carbocycles. The van der Waals surface area contributed by atoms with Crippen molar-refractivity contribution in [1.82, 2.24) is 0 Å². The smallest absolute Gasteiger partial charge is 0.241 e. The molecule has 3 N–H and O–H groups in total. The van der Waals surface area contributed by atoms with Gasteiger partial charge in [0, 0.05) is 5.69 Å². The van der Waals surface area contributed by atoms with Crippen molar-refractivity contribution in [3.63, 3.8) is 0 Å². The van der Waals surface area contributed by atoms with Crippen molar-refractivity contribution in [3.05, 3.63) is 24.3 Å². The Morgan fingerprint density at radius 3 is 2.41 bits per heavy atom. The summed E-state index contributed by atoms with van der Waals surface area (Å²) < 4.78 is 5.30. The van der Waals surface area contributed by atoms with Crippen LogP contribution in [0, 0.1) is 0 Å². The highest BCUT2D eigenvalue weighted by atomic mass is 35.5. The second-order valence-corrected chi connectivity index (χ2v) is 3.46. The van der Waals surface area contributed by atoms with E-state index >= 15 is 0 Å². The predicted octanol–water partition coefficient (Wildman–Crippen LogP) is 2.18. The molecule has 0 fully saturated rings. The molecule has 1 aromatic rings. The van der Waals surface area contributed by atoms with Crippen LogP contribution in [-0.4, -0.2) is 18.6 Å². The summed E-state index contributed by atoms with van der Waals surface area (Å²) >= 11 is 0. The van der Waals surface area contributed by atoms with E-state index in [4.69, 9.17) is 10.5 Å². The van der Waals surface area contributed by atoms with Gasteiger partial charge in [-0.2, -0.15) is 0 Å². The van der Waals surface area contributed by atoms with Crippen LogP contribution in [0.5, 0.6) is 5.75 Å². The van der Waals surface area contributed by atoms with Gasteiger partial charge in [-0.3, -0.25) is 4.79 Å². The van der Waals surface area contributed by atoms with Crippen LogP contribution >= 0.6 is 12.4 Å². The quantitative estimate of drug-likeness (QED) is 0.851. The van der Waals surface area contributed by atoms with E-state index in [9.17, 15) is 4.79 Å². The van der Waals surface area contributed by atoms with Gasteiger partial charge in [-0.25, -0.2) is 0 Å². The van der Waals surface area contributed by atoms with Crippen LogP contribution in [0.25, 0.3) is 0 Å². The van der Waals surface area contributed by atoms with Gasteiger partial charge in [-0.1, -0.05) is 6.92 Å². The Morgan fingerprint density at radius 1 is 1.35 bits per heavy atom. The summed E-state index contributed by atoms with van der Waals surface area (Å²) in [6.45, 7) is 4.44. The molecule has 0 aliphatic heterocycles. The van der Waals surface area contributed by atoms with Gasteiger partial charge in [0.15, 0.2) is 0 Å². The standard InChI is InChI=1S/C12H18N2O2.ClH/c1-3-11(13)12(15)14-9-5-7-10(8-6-9)16-4-2;/h5-8,11H,3-4,13H2,1-2H3,(H,14,15);1H/t11-;/m0./s1. The Kier molecular flexibility index (Phi) is 7.34. The van der Waals surface area contributed by atoms with Crippen LogP contribution in [0.2, 0.25) is 0 Å². The number of amides is 1. The molecule has 5 heteroatoms. The number of carbonyl (C=O) groups is 1. The molecule has 0 saturated carbocycles. The summed E-state index contributed by atoms with van der Waals surface area (Å²) in [7, 11) is 0. The van der Waals surface area contributed by atoms with Crippen molar-refractivity contribution < 1.29 is 9.53 Å². The molecule has 0 bridgehead atoms. The Labute approximate surface area is 108 Å². The first-order chi connectivity index (χ1) is 7.67. The third kappa shape index (κ3) is 5.06. The molecule has 0 aromatic heterocycles. The minimum atomic E-state index is -0.452. The molecular weight excluding hydrogens is 240 g/mol. The molecule has 17 heavy (non-hydrogen) atoms. The highest BCUT2D eigenvalue weighted by molar-refractivity contribution is 5.94. The summed E-state index contributed by atoms with van der Waals surface area (Å²) in [4.78, 5) is 11.5. The van der Waals surface area contributed by atoms with Crippen molar-refractivity contribution in [1.29, 1.82) is 0 Å². The van der Waals surface area contributed by atoms with Crippen LogP contribution in [0.1, 0.15) is 20.3 Å². The van der Waals surface area contributed by atoms with Gasteiger partial charge in [0.05, 0.1) is 12.6 Å². The number of anilines is 1. The van der Waals surface area contributed by atoms with E-state index in [-0.39, 0.29) is 18.3 Å². The largest absolute Gasteiger partial charge is 0.494 e. The van der Waals surface area contributed by atoms with Crippen LogP contribution in [-0.2, 0) is 4.79 Å². The molecule has 0 aliphatic rings. The number of nitrogens with two attached hydrogens (primary N) is 1. The molecule has 1 atom stereocenters. The first-order valence-electron chi connectivity index (χ1n) is 5.46. The second-order valence-electron chi connectivity index (χ2n) is 3.46. The van der Waals surface area contributed by atoms with E-state index in [1.54, 1.807) is 12.1 Å². The molecule has 96 valence electrons. The third-order valence-electron chi connectivity index (χ3n) is 2.21. The Bertz CT molecular complexity index is 341. The van der Waals surface area contributed by atoms with Gasteiger partial charge in [-0.15, -0.1) is 12.4 Å². The number of hydrogen-bond donors (Lipinski definition) is 2. The van der Waals surface area contributed by atoms with Gasteiger partial charge in [-0.05, 0) is 37.6 Å². The van der Waals surface area contributed by atoms with E-state index in [1.807, 2.05) is 26.0 Å². The molecule has 0 saturated heterocycles. The lowest BCUT2D eigenvalue weighted by Gasteiger charge is -2.10. The van der Waals surface area contributed by atoms with Crippen LogP contribution in [0.3, 0.4) is 0 Å². The number of benzene rings is 1. The lowest BCUT2D eigenvalue weighted by atomic mass is 10.2. The fourth-order valence-electron chi connectivity index (χ4n) is 1.22. The Hall–Kier alpha value is -1.26. The summed E-state index contributed by atoms with van der Waals surface area (Å²) in [5.41, 5.74) is 6.34. The predicted molar refractivity (Wildman–Crippen MR) is 71.8 cm³/mol. The summed E-state index contributed by atoms with van der Waals surface area (Å²) in [6, 6.07) is 6.77. The maximum absolute atomic E-state index is 11.5. The van der Waals surface area contributed by atoms with Gasteiger partial charge in [0.2, 0.25) is 5.91 Å². The van der Waals surface area contributed by atoms with Crippen molar-refractivity contribution in [3.8, 4) is 5.75 Å². The Morgan fingerprint density at radius 2 is 1.94 bits per heavy atom. The number of hydrogen-bond acceptors (Lipinski definition) is 3. The zero-order valence-corrected chi connectivity index (χ0v) is 10.9. The van der Waals surface area contributed by atoms with Crippen molar-refractivity contribution in [2.75, 3.05) is 11.9 Å². The summed E-state index contributed by atoms with van der Waals surface area (Å²) in [5.74, 6) is 0.631. The number of carbonyl (C=O) groups excluding carboxylic acids is 1. The van der Waals surface area contributed by atoms with Gasteiger partial charge >= 0.3 is 0 Å². The van der Waals surface area contributed by atoms with Crippen LogP contribution < -0.4 is 15.8 Å². The number of ether oxygens (including phenoxy) is 1. The second kappa shape index (κ2) is 7.92. The minimum absolute atomic E-state index is 0. The average molecular weight is 259 g/mol. The molecule has 0 spiro atoms. The van der Waals surface area contributed by atoms with Gasteiger partial charge in [0.25, 0.3) is 0 Å². The third-order valence-corrected chi connectivity index (χ3v) is 2.21. The molecular formula is C12H19ClN2O2. The van der Waals surface area contributed by atoms with Crippen LogP contribution in [0.4, 0.5) is 5.69 Å². The number of rotatable bonds is 5. The van der Waals surface area contributed by atoms with E-state index in [2.05, 4.69) is 5.32 Å². The fraction of sp³-hybridized carbons (Fsp3) is 0.417. The SMILES string of the molecule is CCOc1ccc(NC(=O)[C@@H](N)CC)cc1.Cl. The molecule has 1 rings (SSSR count). The van der Waals surface area contributed by atoms with Gasteiger partial charge < -0.3 is 15.8 Å². The maximum atomic E-state index is 11.5. The molecule has 0 radical (unpaired) electrons. The average Bonchev–Trinajstić information content (AvgIpc) is 2.31. The zero-order chi connectivity index (χ0) is 12.0. The first kappa shape index (κ1) is 15.7. The van der Waals surface area contributed by atoms with E-state index in [1.165, 1.54) is 0 Å². The van der Waals surface area contributed by atoms with Crippen molar-refractivity contribution in [2.45, 2.75) is 26.3 Å². The molecule has 0 aliphatic carbocycles. The summed E-state index contributed by atoms with van der Waals surface area (Å²) in [6.07, 6.45) is 0.628. The molecule has 0 unspecified atom stereocenters. The molecule has 1 amide bonds. The van der Waals surface area contributed by atoms with Crippen LogP contribution in [0.15, 0.2) is 24.3 Å². The number of halogens is 1. The van der Waals surface area contributed by atoms with E-state index in [0.717, 1.165) is 11.4 Å². The number of nitrogens with one attached hydrogen (secondary N) is 1. The van der Waals surface area contributed by atoms with Gasteiger partial charge in [0.1, 0.15) is 5.75 Å². The normalized spacial score (nSPS) is 11.2. The maximum Gasteiger partial charge on any atom is 0.241 e. The first-order valence-corrected chi connectivity index (χ1v) is 5.46. The fourth-order valence-corrected chi connectivity index (χ4v) is 1.22. The zero-order valence-electron chi connectivity index (χ0n) is 10.1. The minimum Gasteiger partial charge on any atom is -0.494 e. The highest BCUT2D eigenvalue weighted by Gasteiger charge is 2.10. The van der Waals surface area contributed by atoms with Crippen molar-refractivity contribution in [2.24, 2.45) is 5.73 Å². The highest BCUT2D eigenvalue weighted by Crippen LogP contribution is 2.15. The summed E-state index contributed by atoms with van der Waals surface area (Å²) in [5, 5.41) is 2.74. The van der Waals surface area contributed by atoms with E-state index in [0.29, 0.717) is 13.0 Å².